The van der Waals surface area contributed by atoms with E-state index in [2.05, 4.69) is 36.3 Å². The Morgan fingerprint density at radius 3 is 2.74 bits per heavy atom. The molecule has 0 spiro atoms. The Hall–Kier alpha value is -2.62. The van der Waals surface area contributed by atoms with Crippen molar-refractivity contribution in [3.05, 3.63) is 65.7 Å². The quantitative estimate of drug-likeness (QED) is 0.780. The molecule has 4 nitrogen and oxygen atoms in total. The number of pyridine rings is 1. The van der Waals surface area contributed by atoms with Crippen molar-refractivity contribution in [1.82, 2.24) is 10.3 Å². The summed E-state index contributed by atoms with van der Waals surface area (Å²) >= 11 is 0. The monoisotopic (exact) mass is 308 g/mol. The number of carbonyl (C=O) groups excluding carboxylic acids is 1. The normalized spacial score (nSPS) is 11.1. The van der Waals surface area contributed by atoms with Crippen molar-refractivity contribution in [2.75, 3.05) is 0 Å². The Labute approximate surface area is 135 Å². The fourth-order valence-corrected chi connectivity index (χ4v) is 2.53. The van der Waals surface area contributed by atoms with Crippen LogP contribution in [0.25, 0.3) is 11.0 Å². The lowest BCUT2D eigenvalue weighted by Crippen LogP contribution is -2.24. The Morgan fingerprint density at radius 2 is 2.00 bits per heavy atom. The number of aromatic nitrogens is 1. The van der Waals surface area contributed by atoms with Gasteiger partial charge in [0.05, 0.1) is 12.7 Å². The zero-order valence-corrected chi connectivity index (χ0v) is 13.4. The molecule has 0 unspecified atom stereocenters. The predicted octanol–water partition coefficient (Wildman–Crippen LogP) is 3.81. The fourth-order valence-electron chi connectivity index (χ4n) is 2.53. The average molecular weight is 308 g/mol. The maximum absolute atomic E-state index is 12.2. The maximum atomic E-state index is 12.2. The molecular formula is C19H20N2O2. The van der Waals surface area contributed by atoms with Crippen LogP contribution in [-0.2, 0) is 17.8 Å². The summed E-state index contributed by atoms with van der Waals surface area (Å²) in [6.45, 7) is 4.82. The first-order valence-electron chi connectivity index (χ1n) is 7.79. The summed E-state index contributed by atoms with van der Waals surface area (Å²) in [6.07, 6.45) is 5.44. The lowest BCUT2D eigenvalue weighted by Gasteiger charge is -2.06. The minimum atomic E-state index is -0.0144. The second-order valence-electron chi connectivity index (χ2n) is 5.98. The van der Waals surface area contributed by atoms with E-state index in [9.17, 15) is 4.79 Å². The van der Waals surface area contributed by atoms with Crippen LogP contribution < -0.4 is 5.32 Å². The van der Waals surface area contributed by atoms with E-state index in [0.29, 0.717) is 18.9 Å². The van der Waals surface area contributed by atoms with Gasteiger partial charge in [0, 0.05) is 29.9 Å². The minimum absolute atomic E-state index is 0.0144. The van der Waals surface area contributed by atoms with E-state index in [0.717, 1.165) is 22.1 Å². The van der Waals surface area contributed by atoms with Gasteiger partial charge in [0.15, 0.2) is 0 Å². The van der Waals surface area contributed by atoms with Gasteiger partial charge in [-0.15, -0.1) is 0 Å². The topological polar surface area (TPSA) is 55.1 Å². The van der Waals surface area contributed by atoms with Gasteiger partial charge in [-0.25, -0.2) is 0 Å². The number of furan rings is 1. The third kappa shape index (κ3) is 3.59. The molecule has 0 aliphatic carbocycles. The summed E-state index contributed by atoms with van der Waals surface area (Å²) in [7, 11) is 0. The van der Waals surface area contributed by atoms with Crippen LogP contribution >= 0.6 is 0 Å². The number of fused-ring (bicyclic) bond motifs is 1. The summed E-state index contributed by atoms with van der Waals surface area (Å²) in [4.78, 5) is 16.1. The molecule has 0 saturated carbocycles. The van der Waals surface area contributed by atoms with Crippen LogP contribution in [0.3, 0.4) is 0 Å². The maximum Gasteiger partial charge on any atom is 0.224 e. The van der Waals surface area contributed by atoms with Crippen molar-refractivity contribution >= 4 is 16.9 Å². The molecule has 1 aromatic carbocycles. The molecule has 0 saturated heterocycles. The van der Waals surface area contributed by atoms with Gasteiger partial charge in [0.2, 0.25) is 5.91 Å². The fraction of sp³-hybridized carbons (Fsp3) is 0.263. The van der Waals surface area contributed by atoms with Crippen LogP contribution in [0.5, 0.6) is 0 Å². The van der Waals surface area contributed by atoms with E-state index >= 15 is 0 Å². The first kappa shape index (κ1) is 15.3. The van der Waals surface area contributed by atoms with Crippen molar-refractivity contribution in [2.45, 2.75) is 32.7 Å². The Bertz CT molecular complexity index is 807. The van der Waals surface area contributed by atoms with Crippen LogP contribution in [0, 0.1) is 0 Å². The summed E-state index contributed by atoms with van der Waals surface area (Å²) in [6, 6.07) is 9.95. The molecule has 1 amide bonds. The van der Waals surface area contributed by atoms with Crippen LogP contribution in [-0.4, -0.2) is 10.9 Å². The molecule has 0 aliphatic heterocycles. The molecule has 0 bridgehead atoms. The van der Waals surface area contributed by atoms with Crippen molar-refractivity contribution in [3.63, 3.8) is 0 Å². The highest BCUT2D eigenvalue weighted by Crippen LogP contribution is 2.26. The third-order valence-electron chi connectivity index (χ3n) is 3.93. The second kappa shape index (κ2) is 6.65. The SMILES string of the molecule is CC(C)c1ccc2occ(CC(=O)NCc3ccncc3)c2c1. The second-order valence-corrected chi connectivity index (χ2v) is 5.98. The summed E-state index contributed by atoms with van der Waals surface area (Å²) in [5.41, 5.74) is 4.03. The minimum Gasteiger partial charge on any atom is -0.464 e. The van der Waals surface area contributed by atoms with Gasteiger partial charge >= 0.3 is 0 Å². The molecular weight excluding hydrogens is 288 g/mol. The molecule has 2 aromatic heterocycles. The zero-order valence-electron chi connectivity index (χ0n) is 13.4. The van der Waals surface area contributed by atoms with E-state index in [1.54, 1.807) is 18.7 Å². The van der Waals surface area contributed by atoms with Gasteiger partial charge in [-0.05, 0) is 41.3 Å². The number of nitrogens with zero attached hydrogens (tertiary/aromatic N) is 1. The smallest absolute Gasteiger partial charge is 0.224 e. The molecule has 0 atom stereocenters. The summed E-state index contributed by atoms with van der Waals surface area (Å²) in [5, 5.41) is 3.95. The van der Waals surface area contributed by atoms with E-state index in [-0.39, 0.29) is 5.91 Å². The highest BCUT2D eigenvalue weighted by Gasteiger charge is 2.12. The number of hydrogen-bond acceptors (Lipinski definition) is 3. The van der Waals surface area contributed by atoms with Gasteiger partial charge in [0.1, 0.15) is 5.58 Å². The molecule has 2 heterocycles. The number of amides is 1. The van der Waals surface area contributed by atoms with Crippen molar-refractivity contribution in [1.29, 1.82) is 0 Å². The number of carbonyl (C=O) groups is 1. The summed E-state index contributed by atoms with van der Waals surface area (Å²) < 4.78 is 5.56. The van der Waals surface area contributed by atoms with Crippen LogP contribution in [0.4, 0.5) is 0 Å². The van der Waals surface area contributed by atoms with Gasteiger partial charge in [-0.1, -0.05) is 19.9 Å². The molecule has 118 valence electrons. The molecule has 3 rings (SSSR count). The van der Waals surface area contributed by atoms with Crippen molar-refractivity contribution in [3.8, 4) is 0 Å². The molecule has 1 N–H and O–H groups in total. The van der Waals surface area contributed by atoms with Crippen molar-refractivity contribution in [2.24, 2.45) is 0 Å². The van der Waals surface area contributed by atoms with E-state index in [4.69, 9.17) is 4.42 Å². The van der Waals surface area contributed by atoms with E-state index in [1.165, 1.54) is 5.56 Å². The van der Waals surface area contributed by atoms with Crippen LogP contribution in [0.15, 0.2) is 53.4 Å². The Balaban J connectivity index is 1.70. The first-order valence-corrected chi connectivity index (χ1v) is 7.79. The largest absolute Gasteiger partial charge is 0.464 e. The summed E-state index contributed by atoms with van der Waals surface area (Å²) in [5.74, 6) is 0.433. The number of benzene rings is 1. The lowest BCUT2D eigenvalue weighted by molar-refractivity contribution is -0.120. The molecule has 0 fully saturated rings. The Morgan fingerprint density at radius 1 is 1.22 bits per heavy atom. The van der Waals surface area contributed by atoms with Gasteiger partial charge in [-0.3, -0.25) is 9.78 Å². The van der Waals surface area contributed by atoms with Gasteiger partial charge in [-0.2, -0.15) is 0 Å². The molecule has 4 heteroatoms. The van der Waals surface area contributed by atoms with Crippen LogP contribution in [0.1, 0.15) is 36.5 Å². The Kier molecular flexibility index (Phi) is 4.42. The number of nitrogens with one attached hydrogen (secondary N) is 1. The third-order valence-corrected chi connectivity index (χ3v) is 3.93. The van der Waals surface area contributed by atoms with Crippen LogP contribution in [0.2, 0.25) is 0 Å². The first-order chi connectivity index (χ1) is 11.1. The molecule has 0 aliphatic rings. The number of rotatable bonds is 5. The molecule has 23 heavy (non-hydrogen) atoms. The molecule has 0 radical (unpaired) electrons. The zero-order chi connectivity index (χ0) is 16.2. The van der Waals surface area contributed by atoms with E-state index < -0.39 is 0 Å². The lowest BCUT2D eigenvalue weighted by atomic mass is 10.00. The standard InChI is InChI=1S/C19H20N2O2/c1-13(2)15-3-4-18-17(9-15)16(12-23-18)10-19(22)21-11-14-5-7-20-8-6-14/h3-9,12-13H,10-11H2,1-2H3,(H,21,22). The number of hydrogen-bond donors (Lipinski definition) is 1. The predicted molar refractivity (Wildman–Crippen MR) is 90.1 cm³/mol. The van der Waals surface area contributed by atoms with E-state index in [1.807, 2.05) is 18.2 Å². The average Bonchev–Trinajstić information content (AvgIpc) is 2.96. The van der Waals surface area contributed by atoms with Crippen molar-refractivity contribution < 1.29 is 9.21 Å². The molecule has 3 aromatic rings. The van der Waals surface area contributed by atoms with Gasteiger partial charge in [0.25, 0.3) is 0 Å². The highest BCUT2D eigenvalue weighted by atomic mass is 16.3. The van der Waals surface area contributed by atoms with Gasteiger partial charge < -0.3 is 9.73 Å². The highest BCUT2D eigenvalue weighted by molar-refractivity contribution is 5.88.